The maximum atomic E-state index is 6.20. The van der Waals surface area contributed by atoms with E-state index in [0.717, 1.165) is 18.4 Å². The van der Waals surface area contributed by atoms with E-state index in [4.69, 9.17) is 4.74 Å². The smallest absolute Gasteiger partial charge is 0.0750 e. The zero-order valence-electron chi connectivity index (χ0n) is 9.60. The van der Waals surface area contributed by atoms with Gasteiger partial charge in [0.1, 0.15) is 0 Å². The molecule has 2 atom stereocenters. The largest absolute Gasteiger partial charge is 0.374 e. The van der Waals surface area contributed by atoms with Crippen LogP contribution in [-0.4, -0.2) is 17.5 Å². The van der Waals surface area contributed by atoms with Gasteiger partial charge >= 0.3 is 0 Å². The summed E-state index contributed by atoms with van der Waals surface area (Å²) in [4.78, 5) is 0. The third-order valence-corrected chi connectivity index (χ3v) is 6.43. The summed E-state index contributed by atoms with van der Waals surface area (Å²) >= 11 is 3.74. The van der Waals surface area contributed by atoms with Gasteiger partial charge in [0.2, 0.25) is 0 Å². The molecule has 0 N–H and O–H groups in total. The van der Waals surface area contributed by atoms with Gasteiger partial charge in [-0.25, -0.2) is 0 Å². The lowest BCUT2D eigenvalue weighted by Gasteiger charge is -2.42. The lowest BCUT2D eigenvalue weighted by atomic mass is 9.70. The molecule has 3 aliphatic rings. The SMILES string of the molecule is CCC1CCC2(CC1)OCC1CC12CBr. The fourth-order valence-electron chi connectivity index (χ4n) is 4.04. The Labute approximate surface area is 101 Å². The second kappa shape index (κ2) is 3.46. The quantitative estimate of drug-likeness (QED) is 0.696. The predicted molar refractivity (Wildman–Crippen MR) is 65.3 cm³/mol. The molecule has 1 aliphatic heterocycles. The van der Waals surface area contributed by atoms with Gasteiger partial charge in [0.15, 0.2) is 0 Å². The minimum absolute atomic E-state index is 0.285. The normalized spacial score (nSPS) is 53.2. The summed E-state index contributed by atoms with van der Waals surface area (Å²) in [6.07, 6.45) is 8.24. The lowest BCUT2D eigenvalue weighted by molar-refractivity contribution is -0.0822. The molecule has 1 heterocycles. The van der Waals surface area contributed by atoms with E-state index in [0.29, 0.717) is 5.41 Å². The van der Waals surface area contributed by atoms with Crippen molar-refractivity contribution in [3.8, 4) is 0 Å². The summed E-state index contributed by atoms with van der Waals surface area (Å²) < 4.78 is 6.20. The van der Waals surface area contributed by atoms with Crippen molar-refractivity contribution in [2.24, 2.45) is 17.3 Å². The van der Waals surface area contributed by atoms with E-state index in [1.54, 1.807) is 0 Å². The maximum Gasteiger partial charge on any atom is 0.0750 e. The number of ether oxygens (including phenoxy) is 1. The van der Waals surface area contributed by atoms with Crippen LogP contribution in [0.15, 0.2) is 0 Å². The van der Waals surface area contributed by atoms with Crippen LogP contribution in [0.25, 0.3) is 0 Å². The molecule has 1 saturated heterocycles. The van der Waals surface area contributed by atoms with Crippen molar-refractivity contribution in [1.82, 2.24) is 0 Å². The molecular weight excluding hydrogens is 252 g/mol. The summed E-state index contributed by atoms with van der Waals surface area (Å²) in [6, 6.07) is 0. The Morgan fingerprint density at radius 1 is 1.33 bits per heavy atom. The molecule has 2 heteroatoms. The van der Waals surface area contributed by atoms with Crippen molar-refractivity contribution in [3.63, 3.8) is 0 Å². The summed E-state index contributed by atoms with van der Waals surface area (Å²) in [5.41, 5.74) is 0.832. The van der Waals surface area contributed by atoms with Gasteiger partial charge in [-0.2, -0.15) is 0 Å². The Hall–Kier alpha value is 0.440. The van der Waals surface area contributed by atoms with Gasteiger partial charge in [-0.05, 0) is 43.9 Å². The van der Waals surface area contributed by atoms with Crippen molar-refractivity contribution in [2.75, 3.05) is 11.9 Å². The summed E-state index contributed by atoms with van der Waals surface area (Å²) in [7, 11) is 0. The number of rotatable bonds is 2. The van der Waals surface area contributed by atoms with Crippen molar-refractivity contribution in [1.29, 1.82) is 0 Å². The van der Waals surface area contributed by atoms with Gasteiger partial charge in [-0.1, -0.05) is 29.3 Å². The molecule has 2 aliphatic carbocycles. The first-order valence-electron chi connectivity index (χ1n) is 6.46. The van der Waals surface area contributed by atoms with E-state index in [-0.39, 0.29) is 5.60 Å². The Balaban J connectivity index is 1.76. The summed E-state index contributed by atoms with van der Waals surface area (Å²) in [6.45, 7) is 3.38. The number of hydrogen-bond acceptors (Lipinski definition) is 1. The van der Waals surface area contributed by atoms with Crippen LogP contribution in [0.5, 0.6) is 0 Å². The van der Waals surface area contributed by atoms with Gasteiger partial charge in [-0.3, -0.25) is 0 Å². The molecule has 1 spiro atoms. The molecule has 0 bridgehead atoms. The van der Waals surface area contributed by atoms with Gasteiger partial charge in [0.25, 0.3) is 0 Å². The second-order valence-electron chi connectivity index (χ2n) is 5.85. The molecule has 2 saturated carbocycles. The Morgan fingerprint density at radius 2 is 2.07 bits per heavy atom. The van der Waals surface area contributed by atoms with E-state index >= 15 is 0 Å². The van der Waals surface area contributed by atoms with E-state index < -0.39 is 0 Å². The lowest BCUT2D eigenvalue weighted by Crippen LogP contribution is -2.43. The maximum absolute atomic E-state index is 6.20. The topological polar surface area (TPSA) is 9.23 Å². The molecule has 3 fully saturated rings. The van der Waals surface area contributed by atoms with Crippen LogP contribution >= 0.6 is 15.9 Å². The van der Waals surface area contributed by atoms with Crippen LogP contribution < -0.4 is 0 Å². The molecule has 3 rings (SSSR count). The van der Waals surface area contributed by atoms with Crippen LogP contribution in [0, 0.1) is 17.3 Å². The van der Waals surface area contributed by atoms with Gasteiger partial charge in [0, 0.05) is 10.7 Å². The molecule has 86 valence electrons. The average Bonchev–Trinajstić information content (AvgIpc) is 2.96. The molecule has 0 radical (unpaired) electrons. The number of alkyl halides is 1. The fraction of sp³-hybridized carbons (Fsp3) is 1.00. The number of hydrogen-bond donors (Lipinski definition) is 0. The third-order valence-electron chi connectivity index (χ3n) is 5.43. The molecule has 2 unspecified atom stereocenters. The third kappa shape index (κ3) is 1.30. The number of halogens is 1. The average molecular weight is 273 g/mol. The molecule has 1 nitrogen and oxygen atoms in total. The first kappa shape index (κ1) is 10.6. The Morgan fingerprint density at radius 3 is 2.60 bits per heavy atom. The van der Waals surface area contributed by atoms with Crippen LogP contribution in [0.1, 0.15) is 45.4 Å². The first-order valence-corrected chi connectivity index (χ1v) is 7.58. The zero-order valence-corrected chi connectivity index (χ0v) is 11.2. The van der Waals surface area contributed by atoms with Gasteiger partial charge in [0.05, 0.1) is 12.2 Å². The van der Waals surface area contributed by atoms with Crippen molar-refractivity contribution >= 4 is 15.9 Å². The van der Waals surface area contributed by atoms with Crippen LogP contribution in [0.2, 0.25) is 0 Å². The van der Waals surface area contributed by atoms with Crippen LogP contribution in [0.4, 0.5) is 0 Å². The van der Waals surface area contributed by atoms with Gasteiger partial charge in [-0.15, -0.1) is 0 Å². The molecule has 15 heavy (non-hydrogen) atoms. The molecule has 0 aromatic rings. The monoisotopic (exact) mass is 272 g/mol. The molecule has 0 aromatic heterocycles. The molecule has 0 aromatic carbocycles. The second-order valence-corrected chi connectivity index (χ2v) is 6.41. The first-order chi connectivity index (χ1) is 7.26. The van der Waals surface area contributed by atoms with Crippen molar-refractivity contribution < 1.29 is 4.74 Å². The standard InChI is InChI=1S/C13H21BrO/c1-2-10-3-5-13(6-4-10)12(9-14)7-11(12)8-15-13/h10-11H,2-9H2,1H3. The zero-order chi connectivity index (χ0) is 10.5. The van der Waals surface area contributed by atoms with Crippen LogP contribution in [0.3, 0.4) is 0 Å². The van der Waals surface area contributed by atoms with E-state index in [2.05, 4.69) is 22.9 Å². The van der Waals surface area contributed by atoms with E-state index in [1.165, 1.54) is 43.9 Å². The van der Waals surface area contributed by atoms with E-state index in [1.807, 2.05) is 0 Å². The summed E-state index contributed by atoms with van der Waals surface area (Å²) in [5, 5.41) is 1.17. The van der Waals surface area contributed by atoms with Crippen LogP contribution in [-0.2, 0) is 4.74 Å². The Bertz CT molecular complexity index is 253. The highest BCUT2D eigenvalue weighted by Gasteiger charge is 2.70. The van der Waals surface area contributed by atoms with Gasteiger partial charge < -0.3 is 4.74 Å². The highest BCUT2D eigenvalue weighted by Crippen LogP contribution is 2.70. The highest BCUT2D eigenvalue weighted by molar-refractivity contribution is 9.09. The molecular formula is C13H21BrO. The predicted octanol–water partition coefficient (Wildman–Crippen LogP) is 3.76. The Kier molecular flexibility index (Phi) is 2.44. The summed E-state index contributed by atoms with van der Waals surface area (Å²) in [5.74, 6) is 1.86. The minimum atomic E-state index is 0.285. The number of fused-ring (bicyclic) bond motifs is 2. The highest BCUT2D eigenvalue weighted by atomic mass is 79.9. The van der Waals surface area contributed by atoms with E-state index in [9.17, 15) is 0 Å². The fourth-order valence-corrected chi connectivity index (χ4v) is 5.24. The van der Waals surface area contributed by atoms with Crippen molar-refractivity contribution in [3.05, 3.63) is 0 Å². The molecule has 0 amide bonds. The van der Waals surface area contributed by atoms with Crippen molar-refractivity contribution in [2.45, 2.75) is 51.0 Å². The minimum Gasteiger partial charge on any atom is -0.374 e.